The molecule has 0 radical (unpaired) electrons. The van der Waals surface area contributed by atoms with E-state index in [1.54, 1.807) is 36.0 Å². The molecule has 1 aromatic heterocycles. The number of hydrazine groups is 1. The van der Waals surface area contributed by atoms with Crippen LogP contribution in [0.1, 0.15) is 17.9 Å². The number of benzene rings is 1. The second kappa shape index (κ2) is 6.23. The van der Waals surface area contributed by atoms with Crippen LogP contribution < -0.4 is 16.2 Å². The molecule has 3 heterocycles. The number of fused-ring (bicyclic) bond motifs is 1. The lowest BCUT2D eigenvalue weighted by Gasteiger charge is -2.25. The second-order valence-electron chi connectivity index (χ2n) is 6.11. The van der Waals surface area contributed by atoms with Gasteiger partial charge in [0.15, 0.2) is 0 Å². The lowest BCUT2D eigenvalue weighted by Crippen LogP contribution is -2.46. The molecule has 4 rings (SSSR count). The van der Waals surface area contributed by atoms with Crippen LogP contribution in [-0.2, 0) is 4.79 Å². The third kappa shape index (κ3) is 2.72. The molecule has 24 heavy (non-hydrogen) atoms. The van der Waals surface area contributed by atoms with Crippen LogP contribution >= 0.6 is 11.8 Å². The van der Waals surface area contributed by atoms with Gasteiger partial charge in [0.05, 0.1) is 22.7 Å². The molecule has 126 valence electrons. The highest BCUT2D eigenvalue weighted by molar-refractivity contribution is 8.00. The predicted molar refractivity (Wildman–Crippen MR) is 90.5 cm³/mol. The Kier molecular flexibility index (Phi) is 4.07. The van der Waals surface area contributed by atoms with Crippen molar-refractivity contribution in [3.63, 3.8) is 0 Å². The van der Waals surface area contributed by atoms with E-state index in [1.165, 1.54) is 6.07 Å². The average molecular weight is 347 g/mol. The summed E-state index contributed by atoms with van der Waals surface area (Å²) in [6.07, 6.45) is -0.144. The first-order valence-corrected chi connectivity index (χ1v) is 8.95. The van der Waals surface area contributed by atoms with Crippen molar-refractivity contribution in [3.05, 3.63) is 48.0 Å². The standard InChI is InChI=1S/C17H18FN3O2S/c1-9-15-16(24-8-14(22)19-17(15)21-20-9)13-7-6-12(23-13)10-4-2-3-5-11(10)18/h2-7,9,15-17,20-21H,8H2,1H3,(H,19,22). The number of nitrogens with one attached hydrogen (secondary N) is 3. The molecule has 2 fully saturated rings. The molecule has 5 nitrogen and oxygen atoms in total. The topological polar surface area (TPSA) is 66.3 Å². The fourth-order valence-corrected chi connectivity index (χ4v) is 4.67. The molecule has 3 N–H and O–H groups in total. The number of hydrogen-bond donors (Lipinski definition) is 3. The number of thioether (sulfide) groups is 1. The minimum Gasteiger partial charge on any atom is -0.460 e. The van der Waals surface area contributed by atoms with Gasteiger partial charge in [0.2, 0.25) is 5.91 Å². The fraction of sp³-hybridized carbons (Fsp3) is 0.353. The lowest BCUT2D eigenvalue weighted by atomic mass is 9.94. The van der Waals surface area contributed by atoms with E-state index >= 15 is 0 Å². The van der Waals surface area contributed by atoms with Gasteiger partial charge in [-0.25, -0.2) is 9.82 Å². The van der Waals surface area contributed by atoms with Gasteiger partial charge in [0.1, 0.15) is 17.3 Å². The van der Waals surface area contributed by atoms with Crippen LogP contribution in [0.2, 0.25) is 0 Å². The first-order valence-electron chi connectivity index (χ1n) is 7.90. The summed E-state index contributed by atoms with van der Waals surface area (Å²) in [5.41, 5.74) is 6.75. The van der Waals surface area contributed by atoms with Gasteiger partial charge < -0.3 is 9.73 Å². The van der Waals surface area contributed by atoms with Crippen molar-refractivity contribution in [1.82, 2.24) is 16.2 Å². The highest BCUT2D eigenvalue weighted by atomic mass is 32.2. The van der Waals surface area contributed by atoms with Crippen molar-refractivity contribution in [2.45, 2.75) is 24.4 Å². The van der Waals surface area contributed by atoms with Gasteiger partial charge in [-0.3, -0.25) is 10.2 Å². The van der Waals surface area contributed by atoms with Crippen LogP contribution in [0.4, 0.5) is 4.39 Å². The van der Waals surface area contributed by atoms with E-state index < -0.39 is 0 Å². The van der Waals surface area contributed by atoms with Gasteiger partial charge in [0.25, 0.3) is 0 Å². The summed E-state index contributed by atoms with van der Waals surface area (Å²) in [5, 5.41) is 2.99. The van der Waals surface area contributed by atoms with Crippen LogP contribution in [0.25, 0.3) is 11.3 Å². The van der Waals surface area contributed by atoms with Gasteiger partial charge in [-0.2, -0.15) is 0 Å². The maximum Gasteiger partial charge on any atom is 0.231 e. The van der Waals surface area contributed by atoms with Gasteiger partial charge in [-0.05, 0) is 31.2 Å². The molecular formula is C17H18FN3O2S. The Balaban J connectivity index is 1.67. The van der Waals surface area contributed by atoms with Crippen molar-refractivity contribution in [2.24, 2.45) is 5.92 Å². The van der Waals surface area contributed by atoms with Gasteiger partial charge in [-0.15, -0.1) is 11.8 Å². The number of hydrogen-bond acceptors (Lipinski definition) is 5. The Morgan fingerprint density at radius 2 is 2.04 bits per heavy atom. The molecular weight excluding hydrogens is 329 g/mol. The fourth-order valence-electron chi connectivity index (χ4n) is 3.35. The number of rotatable bonds is 2. The van der Waals surface area contributed by atoms with E-state index in [0.29, 0.717) is 17.1 Å². The summed E-state index contributed by atoms with van der Waals surface area (Å²) in [4.78, 5) is 11.9. The Morgan fingerprint density at radius 3 is 2.88 bits per heavy atom. The summed E-state index contributed by atoms with van der Waals surface area (Å²) >= 11 is 1.56. The number of carbonyl (C=O) groups excluding carboxylic acids is 1. The molecule has 7 heteroatoms. The number of amides is 1. The Morgan fingerprint density at radius 1 is 1.21 bits per heavy atom. The van der Waals surface area contributed by atoms with Crippen molar-refractivity contribution in [2.75, 3.05) is 5.75 Å². The summed E-state index contributed by atoms with van der Waals surface area (Å²) < 4.78 is 20.0. The molecule has 4 atom stereocenters. The highest BCUT2D eigenvalue weighted by Crippen LogP contribution is 2.43. The van der Waals surface area contributed by atoms with Crippen molar-refractivity contribution in [3.8, 4) is 11.3 Å². The zero-order valence-electron chi connectivity index (χ0n) is 13.1. The van der Waals surface area contributed by atoms with E-state index in [4.69, 9.17) is 4.42 Å². The molecule has 0 bridgehead atoms. The predicted octanol–water partition coefficient (Wildman–Crippen LogP) is 2.43. The van der Waals surface area contributed by atoms with Crippen molar-refractivity contribution in [1.29, 1.82) is 0 Å². The summed E-state index contributed by atoms with van der Waals surface area (Å²) in [6.45, 7) is 2.07. The monoisotopic (exact) mass is 347 g/mol. The van der Waals surface area contributed by atoms with Crippen LogP contribution in [0, 0.1) is 11.7 Å². The van der Waals surface area contributed by atoms with E-state index in [1.807, 2.05) is 6.07 Å². The highest BCUT2D eigenvalue weighted by Gasteiger charge is 2.44. The van der Waals surface area contributed by atoms with E-state index in [-0.39, 0.29) is 35.1 Å². The molecule has 1 amide bonds. The van der Waals surface area contributed by atoms with E-state index in [0.717, 1.165) is 5.76 Å². The Bertz CT molecular complexity index is 766. The van der Waals surface area contributed by atoms with Gasteiger partial charge >= 0.3 is 0 Å². The van der Waals surface area contributed by atoms with E-state index in [2.05, 4.69) is 23.1 Å². The maximum atomic E-state index is 14.0. The molecule has 1 aromatic carbocycles. The number of furan rings is 1. The summed E-state index contributed by atoms with van der Waals surface area (Å²) in [7, 11) is 0. The second-order valence-corrected chi connectivity index (χ2v) is 7.24. The smallest absolute Gasteiger partial charge is 0.231 e. The van der Waals surface area contributed by atoms with Crippen LogP contribution in [0.15, 0.2) is 40.8 Å². The van der Waals surface area contributed by atoms with Crippen LogP contribution in [0.5, 0.6) is 0 Å². The SMILES string of the molecule is CC1NNC2NC(=O)CSC(c3ccc(-c4ccccc4F)o3)C12. The largest absolute Gasteiger partial charge is 0.460 e. The third-order valence-corrected chi connectivity index (χ3v) is 5.87. The molecule has 0 aliphatic carbocycles. The van der Waals surface area contributed by atoms with Crippen LogP contribution in [-0.4, -0.2) is 23.9 Å². The lowest BCUT2D eigenvalue weighted by molar-refractivity contribution is -0.119. The zero-order valence-corrected chi connectivity index (χ0v) is 13.9. The molecule has 0 spiro atoms. The first kappa shape index (κ1) is 15.7. The molecule has 2 aromatic rings. The third-order valence-electron chi connectivity index (χ3n) is 4.54. The Labute approximate surface area is 143 Å². The molecule has 2 aliphatic rings. The van der Waals surface area contributed by atoms with Crippen molar-refractivity contribution >= 4 is 17.7 Å². The molecule has 2 saturated heterocycles. The minimum absolute atomic E-state index is 0.00165. The van der Waals surface area contributed by atoms with Crippen molar-refractivity contribution < 1.29 is 13.6 Å². The average Bonchev–Trinajstić information content (AvgIpc) is 3.13. The molecule has 2 aliphatic heterocycles. The Hall–Kier alpha value is -1.83. The van der Waals surface area contributed by atoms with E-state index in [9.17, 15) is 9.18 Å². The summed E-state index contributed by atoms with van der Waals surface area (Å²) in [6, 6.07) is 10.4. The first-order chi connectivity index (χ1) is 11.6. The maximum absolute atomic E-state index is 14.0. The zero-order chi connectivity index (χ0) is 16.7. The molecule has 0 saturated carbocycles. The minimum atomic E-state index is -0.306. The van der Waals surface area contributed by atoms with Crippen LogP contribution in [0.3, 0.4) is 0 Å². The van der Waals surface area contributed by atoms with Gasteiger partial charge in [-0.1, -0.05) is 12.1 Å². The summed E-state index contributed by atoms with van der Waals surface area (Å²) in [5.74, 6) is 1.49. The normalized spacial score (nSPS) is 29.8. The number of carbonyl (C=O) groups is 1. The number of halogens is 1. The van der Waals surface area contributed by atoms with Gasteiger partial charge in [0, 0.05) is 12.0 Å². The molecule has 4 unspecified atom stereocenters. The quantitative estimate of drug-likeness (QED) is 0.779.